The molecule has 1 rings (SSSR count). The van der Waals surface area contributed by atoms with Gasteiger partial charge in [0.2, 0.25) is 0 Å². The second-order valence-electron chi connectivity index (χ2n) is 4.09. The summed E-state index contributed by atoms with van der Waals surface area (Å²) in [5.41, 5.74) is 0. The predicted octanol–water partition coefficient (Wildman–Crippen LogP) is 0.487. The SMILES string of the molecule is CC1CCN(C)C(N(C)C)N1C. The summed E-state index contributed by atoms with van der Waals surface area (Å²) in [6.07, 6.45) is 1.74. The van der Waals surface area contributed by atoms with Crippen LogP contribution in [0.3, 0.4) is 0 Å². The molecule has 2 atom stereocenters. The maximum atomic E-state index is 2.42. The molecule has 0 aromatic rings. The van der Waals surface area contributed by atoms with Crippen LogP contribution in [0.5, 0.6) is 0 Å². The molecule has 2 unspecified atom stereocenters. The lowest BCUT2D eigenvalue weighted by molar-refractivity contribution is -0.0732. The van der Waals surface area contributed by atoms with Crippen molar-refractivity contribution in [3.05, 3.63) is 0 Å². The van der Waals surface area contributed by atoms with Gasteiger partial charge in [-0.3, -0.25) is 14.7 Å². The quantitative estimate of drug-likeness (QED) is 0.568. The van der Waals surface area contributed by atoms with Crippen molar-refractivity contribution in [2.24, 2.45) is 0 Å². The van der Waals surface area contributed by atoms with Crippen LogP contribution in [0.25, 0.3) is 0 Å². The smallest absolute Gasteiger partial charge is 0.118 e. The Labute approximate surface area is 75.9 Å². The summed E-state index contributed by atoms with van der Waals surface area (Å²) in [7, 11) is 8.66. The van der Waals surface area contributed by atoms with Crippen molar-refractivity contribution in [1.82, 2.24) is 14.7 Å². The third-order valence-electron chi connectivity index (χ3n) is 2.82. The monoisotopic (exact) mass is 171 g/mol. The van der Waals surface area contributed by atoms with Gasteiger partial charge in [-0.2, -0.15) is 0 Å². The van der Waals surface area contributed by atoms with Gasteiger partial charge in [-0.25, -0.2) is 0 Å². The van der Waals surface area contributed by atoms with E-state index in [2.05, 4.69) is 49.8 Å². The van der Waals surface area contributed by atoms with Crippen LogP contribution in [0.2, 0.25) is 0 Å². The minimum atomic E-state index is 0.466. The van der Waals surface area contributed by atoms with Crippen molar-refractivity contribution in [2.45, 2.75) is 25.7 Å². The summed E-state index contributed by atoms with van der Waals surface area (Å²) in [4.78, 5) is 7.07. The lowest BCUT2D eigenvalue weighted by Crippen LogP contribution is -2.60. The Morgan fingerprint density at radius 2 is 1.83 bits per heavy atom. The highest BCUT2D eigenvalue weighted by Crippen LogP contribution is 2.17. The maximum Gasteiger partial charge on any atom is 0.118 e. The first-order chi connectivity index (χ1) is 5.54. The molecule has 0 bridgehead atoms. The van der Waals surface area contributed by atoms with Crippen LogP contribution in [0, 0.1) is 0 Å². The molecular weight excluding hydrogens is 150 g/mol. The molecule has 12 heavy (non-hydrogen) atoms. The van der Waals surface area contributed by atoms with Crippen molar-refractivity contribution < 1.29 is 0 Å². The molecule has 3 nitrogen and oxygen atoms in total. The normalized spacial score (nSPS) is 34.5. The molecule has 1 aliphatic heterocycles. The van der Waals surface area contributed by atoms with E-state index in [1.807, 2.05) is 0 Å². The second kappa shape index (κ2) is 3.73. The molecule has 0 aromatic heterocycles. The molecule has 0 N–H and O–H groups in total. The van der Waals surface area contributed by atoms with Crippen molar-refractivity contribution in [2.75, 3.05) is 34.7 Å². The number of hydrogen-bond acceptors (Lipinski definition) is 3. The van der Waals surface area contributed by atoms with Gasteiger partial charge in [0.15, 0.2) is 0 Å². The molecule has 0 radical (unpaired) electrons. The number of hydrogen-bond donors (Lipinski definition) is 0. The molecule has 0 amide bonds. The summed E-state index contributed by atoms with van der Waals surface area (Å²) in [6.45, 7) is 3.50. The molecule has 0 aliphatic carbocycles. The fourth-order valence-corrected chi connectivity index (χ4v) is 2.01. The Bertz CT molecular complexity index is 147. The topological polar surface area (TPSA) is 9.72 Å². The van der Waals surface area contributed by atoms with Crippen LogP contribution in [-0.4, -0.2) is 61.8 Å². The summed E-state index contributed by atoms with van der Waals surface area (Å²) < 4.78 is 0. The van der Waals surface area contributed by atoms with Gasteiger partial charge in [-0.15, -0.1) is 0 Å². The molecule has 1 saturated heterocycles. The molecule has 0 spiro atoms. The molecule has 3 heteroatoms. The van der Waals surface area contributed by atoms with Crippen molar-refractivity contribution in [3.8, 4) is 0 Å². The first-order valence-corrected chi connectivity index (χ1v) is 4.62. The largest absolute Gasteiger partial charge is 0.282 e. The van der Waals surface area contributed by atoms with Gasteiger partial charge in [0.25, 0.3) is 0 Å². The highest BCUT2D eigenvalue weighted by Gasteiger charge is 2.29. The standard InChI is InChI=1S/C9H21N3/c1-8-6-7-11(4)9(10(2)3)12(8)5/h8-9H,6-7H2,1-5H3. The third kappa shape index (κ3) is 1.79. The fraction of sp³-hybridized carbons (Fsp3) is 1.00. The fourth-order valence-electron chi connectivity index (χ4n) is 2.01. The van der Waals surface area contributed by atoms with Gasteiger partial charge in [0, 0.05) is 12.6 Å². The van der Waals surface area contributed by atoms with E-state index in [-0.39, 0.29) is 0 Å². The van der Waals surface area contributed by atoms with Crippen LogP contribution in [0.4, 0.5) is 0 Å². The molecular formula is C9H21N3. The van der Waals surface area contributed by atoms with Crippen LogP contribution < -0.4 is 0 Å². The van der Waals surface area contributed by atoms with E-state index in [9.17, 15) is 0 Å². The van der Waals surface area contributed by atoms with Gasteiger partial charge < -0.3 is 0 Å². The minimum Gasteiger partial charge on any atom is -0.282 e. The highest BCUT2D eigenvalue weighted by molar-refractivity contribution is 4.78. The van der Waals surface area contributed by atoms with Gasteiger partial charge >= 0.3 is 0 Å². The average Bonchev–Trinajstić information content (AvgIpc) is 1.97. The average molecular weight is 171 g/mol. The van der Waals surface area contributed by atoms with E-state index < -0.39 is 0 Å². The Kier molecular flexibility index (Phi) is 3.09. The molecule has 0 saturated carbocycles. The Morgan fingerprint density at radius 1 is 1.25 bits per heavy atom. The van der Waals surface area contributed by atoms with Crippen LogP contribution in [0.1, 0.15) is 13.3 Å². The van der Waals surface area contributed by atoms with Crippen molar-refractivity contribution in [1.29, 1.82) is 0 Å². The van der Waals surface area contributed by atoms with E-state index in [0.29, 0.717) is 12.3 Å². The van der Waals surface area contributed by atoms with Crippen molar-refractivity contribution >= 4 is 0 Å². The maximum absolute atomic E-state index is 2.42. The predicted molar refractivity (Wildman–Crippen MR) is 51.9 cm³/mol. The third-order valence-corrected chi connectivity index (χ3v) is 2.82. The van der Waals surface area contributed by atoms with E-state index in [4.69, 9.17) is 0 Å². The molecule has 1 fully saturated rings. The first-order valence-electron chi connectivity index (χ1n) is 4.62. The lowest BCUT2D eigenvalue weighted by atomic mass is 10.1. The zero-order valence-electron chi connectivity index (χ0n) is 8.91. The second-order valence-corrected chi connectivity index (χ2v) is 4.09. The van der Waals surface area contributed by atoms with E-state index in [0.717, 1.165) is 0 Å². The zero-order chi connectivity index (χ0) is 9.30. The van der Waals surface area contributed by atoms with Crippen molar-refractivity contribution in [3.63, 3.8) is 0 Å². The Hall–Kier alpha value is -0.120. The minimum absolute atomic E-state index is 0.466. The summed E-state index contributed by atoms with van der Waals surface area (Å²) in [5.74, 6) is 0. The Morgan fingerprint density at radius 3 is 2.25 bits per heavy atom. The van der Waals surface area contributed by atoms with E-state index in [1.165, 1.54) is 13.0 Å². The van der Waals surface area contributed by atoms with Gasteiger partial charge in [-0.1, -0.05) is 0 Å². The summed E-state index contributed by atoms with van der Waals surface area (Å²) in [6, 6.07) is 0.702. The van der Waals surface area contributed by atoms with E-state index in [1.54, 1.807) is 0 Å². The van der Waals surface area contributed by atoms with Crippen LogP contribution in [-0.2, 0) is 0 Å². The lowest BCUT2D eigenvalue weighted by Gasteiger charge is -2.46. The van der Waals surface area contributed by atoms with Crippen LogP contribution in [0.15, 0.2) is 0 Å². The summed E-state index contributed by atoms with van der Waals surface area (Å²) >= 11 is 0. The van der Waals surface area contributed by atoms with E-state index >= 15 is 0 Å². The van der Waals surface area contributed by atoms with Crippen LogP contribution >= 0.6 is 0 Å². The van der Waals surface area contributed by atoms with Gasteiger partial charge in [0.05, 0.1) is 0 Å². The molecule has 72 valence electrons. The molecule has 1 heterocycles. The molecule has 1 aliphatic rings. The first kappa shape index (κ1) is 9.96. The number of rotatable bonds is 1. The Balaban J connectivity index is 2.65. The molecule has 0 aromatic carbocycles. The van der Waals surface area contributed by atoms with Gasteiger partial charge in [0.1, 0.15) is 6.29 Å². The zero-order valence-corrected chi connectivity index (χ0v) is 8.91. The highest BCUT2D eigenvalue weighted by atomic mass is 15.5. The number of nitrogens with zero attached hydrogens (tertiary/aromatic N) is 3. The summed E-state index contributed by atoms with van der Waals surface area (Å²) in [5, 5.41) is 0. The van der Waals surface area contributed by atoms with Gasteiger partial charge in [-0.05, 0) is 41.5 Å².